The third-order valence-corrected chi connectivity index (χ3v) is 4.74. The van der Waals surface area contributed by atoms with Gasteiger partial charge in [-0.3, -0.25) is 4.90 Å². The Kier molecular flexibility index (Phi) is 5.24. The van der Waals surface area contributed by atoms with Crippen molar-refractivity contribution >= 4 is 28.9 Å². The fraction of sp³-hybridized carbons (Fsp3) is 0.333. The van der Waals surface area contributed by atoms with E-state index in [0.717, 1.165) is 48.2 Å². The van der Waals surface area contributed by atoms with Crippen LogP contribution in [0.2, 0.25) is 10.0 Å². The van der Waals surface area contributed by atoms with E-state index >= 15 is 0 Å². The Morgan fingerprint density at radius 3 is 2.50 bits per heavy atom. The first-order valence-electron chi connectivity index (χ1n) is 7.68. The fourth-order valence-electron chi connectivity index (χ4n) is 2.92. The molecular formula is C18H20Cl2N2. The van der Waals surface area contributed by atoms with E-state index in [-0.39, 0.29) is 0 Å². The molecular weight excluding hydrogens is 315 g/mol. The number of halogens is 2. The third kappa shape index (κ3) is 4.16. The van der Waals surface area contributed by atoms with Crippen LogP contribution in [0.5, 0.6) is 0 Å². The van der Waals surface area contributed by atoms with Crippen molar-refractivity contribution in [3.63, 3.8) is 0 Å². The van der Waals surface area contributed by atoms with Gasteiger partial charge in [-0.2, -0.15) is 0 Å². The lowest BCUT2D eigenvalue weighted by molar-refractivity contribution is 0.211. The van der Waals surface area contributed by atoms with Crippen molar-refractivity contribution in [1.82, 2.24) is 4.90 Å². The van der Waals surface area contributed by atoms with Gasteiger partial charge in [-0.05, 0) is 42.7 Å². The molecule has 1 saturated heterocycles. The highest BCUT2D eigenvalue weighted by molar-refractivity contribution is 6.31. The molecule has 0 atom stereocenters. The van der Waals surface area contributed by atoms with Crippen molar-refractivity contribution in [2.75, 3.05) is 18.4 Å². The van der Waals surface area contributed by atoms with Crippen molar-refractivity contribution in [3.05, 3.63) is 64.1 Å². The van der Waals surface area contributed by atoms with Crippen molar-refractivity contribution in [3.8, 4) is 0 Å². The molecule has 0 aromatic heterocycles. The van der Waals surface area contributed by atoms with Crippen molar-refractivity contribution < 1.29 is 0 Å². The van der Waals surface area contributed by atoms with Crippen molar-refractivity contribution in [1.29, 1.82) is 0 Å². The lowest BCUT2D eigenvalue weighted by atomic mass is 10.0. The highest BCUT2D eigenvalue weighted by atomic mass is 35.5. The van der Waals surface area contributed by atoms with Gasteiger partial charge in [0, 0.05) is 41.4 Å². The summed E-state index contributed by atoms with van der Waals surface area (Å²) in [6, 6.07) is 16.6. The molecule has 4 heteroatoms. The third-order valence-electron chi connectivity index (χ3n) is 4.13. The molecule has 116 valence electrons. The molecule has 2 nitrogen and oxygen atoms in total. The summed E-state index contributed by atoms with van der Waals surface area (Å²) in [6.45, 7) is 3.11. The lowest BCUT2D eigenvalue weighted by Gasteiger charge is -2.33. The predicted octanol–water partition coefficient (Wildman–Crippen LogP) is 5.07. The first kappa shape index (κ1) is 15.7. The van der Waals surface area contributed by atoms with Gasteiger partial charge in [-0.15, -0.1) is 0 Å². The molecule has 0 bridgehead atoms. The number of benzene rings is 2. The Balaban J connectivity index is 1.51. The molecule has 22 heavy (non-hydrogen) atoms. The van der Waals surface area contributed by atoms with Crippen LogP contribution in [0, 0.1) is 0 Å². The van der Waals surface area contributed by atoms with Crippen molar-refractivity contribution in [2.45, 2.75) is 25.4 Å². The van der Waals surface area contributed by atoms with Crippen LogP contribution < -0.4 is 5.32 Å². The Morgan fingerprint density at radius 1 is 1.00 bits per heavy atom. The van der Waals surface area contributed by atoms with Crippen LogP contribution in [0.1, 0.15) is 18.4 Å². The predicted molar refractivity (Wildman–Crippen MR) is 94.8 cm³/mol. The van der Waals surface area contributed by atoms with E-state index in [1.54, 1.807) is 0 Å². The lowest BCUT2D eigenvalue weighted by Crippen LogP contribution is -2.38. The zero-order chi connectivity index (χ0) is 15.4. The minimum absolute atomic E-state index is 0.515. The number of rotatable bonds is 4. The maximum Gasteiger partial charge on any atom is 0.0451 e. The van der Waals surface area contributed by atoms with Gasteiger partial charge < -0.3 is 5.32 Å². The van der Waals surface area contributed by atoms with Crippen LogP contribution in [0.25, 0.3) is 0 Å². The van der Waals surface area contributed by atoms with Crippen LogP contribution in [-0.2, 0) is 6.54 Å². The van der Waals surface area contributed by atoms with Crippen LogP contribution in [0.4, 0.5) is 5.69 Å². The number of likely N-dealkylation sites (tertiary alicyclic amines) is 1. The molecule has 3 rings (SSSR count). The van der Waals surface area contributed by atoms with Crippen LogP contribution >= 0.6 is 23.2 Å². The van der Waals surface area contributed by atoms with Gasteiger partial charge in [0.05, 0.1) is 0 Å². The topological polar surface area (TPSA) is 15.3 Å². The second-order valence-electron chi connectivity index (χ2n) is 5.80. The number of nitrogens with zero attached hydrogens (tertiary/aromatic N) is 1. The number of hydrogen-bond acceptors (Lipinski definition) is 2. The Bertz CT molecular complexity index is 622. The zero-order valence-electron chi connectivity index (χ0n) is 12.4. The molecule has 1 heterocycles. The van der Waals surface area contributed by atoms with E-state index in [2.05, 4.69) is 28.4 Å². The number of piperidine rings is 1. The summed E-state index contributed by atoms with van der Waals surface area (Å²) in [6.07, 6.45) is 2.27. The molecule has 0 spiro atoms. The Hall–Kier alpha value is -1.22. The standard InChI is InChI=1S/C18H20Cl2N2/c19-15-5-3-6-17(12-15)21-16-8-10-22(11-9-16)13-14-4-1-2-7-18(14)20/h1-7,12,16,21H,8-11,13H2. The molecule has 2 aromatic carbocycles. The van der Waals surface area contributed by atoms with Gasteiger partial charge in [0.15, 0.2) is 0 Å². The van der Waals surface area contributed by atoms with Gasteiger partial charge in [0.25, 0.3) is 0 Å². The van der Waals surface area contributed by atoms with Crippen LogP contribution in [0.3, 0.4) is 0 Å². The monoisotopic (exact) mass is 334 g/mol. The minimum Gasteiger partial charge on any atom is -0.382 e. The van der Waals surface area contributed by atoms with Gasteiger partial charge in [0.1, 0.15) is 0 Å². The van der Waals surface area contributed by atoms with Gasteiger partial charge in [-0.1, -0.05) is 47.5 Å². The Morgan fingerprint density at radius 2 is 1.77 bits per heavy atom. The van der Waals surface area contributed by atoms with Crippen LogP contribution in [0.15, 0.2) is 48.5 Å². The van der Waals surface area contributed by atoms with Gasteiger partial charge in [0.2, 0.25) is 0 Å². The van der Waals surface area contributed by atoms with Gasteiger partial charge >= 0.3 is 0 Å². The first-order chi connectivity index (χ1) is 10.7. The summed E-state index contributed by atoms with van der Waals surface area (Å²) in [5, 5.41) is 5.22. The average Bonchev–Trinajstić information content (AvgIpc) is 2.52. The smallest absolute Gasteiger partial charge is 0.0451 e. The van der Waals surface area contributed by atoms with E-state index in [1.807, 2.05) is 30.3 Å². The summed E-state index contributed by atoms with van der Waals surface area (Å²) in [4.78, 5) is 2.47. The molecule has 0 aliphatic carbocycles. The first-order valence-corrected chi connectivity index (χ1v) is 8.44. The summed E-state index contributed by atoms with van der Waals surface area (Å²) >= 11 is 12.3. The highest BCUT2D eigenvalue weighted by Crippen LogP contribution is 2.22. The van der Waals surface area contributed by atoms with Crippen LogP contribution in [-0.4, -0.2) is 24.0 Å². The Labute approximate surface area is 142 Å². The zero-order valence-corrected chi connectivity index (χ0v) is 13.9. The SMILES string of the molecule is Clc1cccc(NC2CCN(Cc3ccccc3Cl)CC2)c1. The minimum atomic E-state index is 0.515. The van der Waals surface area contributed by atoms with Crippen molar-refractivity contribution in [2.24, 2.45) is 0 Å². The second-order valence-corrected chi connectivity index (χ2v) is 6.64. The molecule has 2 aromatic rings. The maximum atomic E-state index is 6.24. The normalized spacial score (nSPS) is 16.6. The van der Waals surface area contributed by atoms with E-state index < -0.39 is 0 Å². The molecule has 0 unspecified atom stereocenters. The largest absolute Gasteiger partial charge is 0.382 e. The average molecular weight is 335 g/mol. The van der Waals surface area contributed by atoms with E-state index in [0.29, 0.717) is 6.04 Å². The fourth-order valence-corrected chi connectivity index (χ4v) is 3.30. The molecule has 0 saturated carbocycles. The highest BCUT2D eigenvalue weighted by Gasteiger charge is 2.19. The summed E-state index contributed by atoms with van der Waals surface area (Å²) in [5.74, 6) is 0. The molecule has 1 aliphatic rings. The number of hydrogen-bond donors (Lipinski definition) is 1. The van der Waals surface area contributed by atoms with E-state index in [1.165, 1.54) is 5.56 Å². The molecule has 1 fully saturated rings. The quantitative estimate of drug-likeness (QED) is 0.839. The van der Waals surface area contributed by atoms with Gasteiger partial charge in [-0.25, -0.2) is 0 Å². The summed E-state index contributed by atoms with van der Waals surface area (Å²) < 4.78 is 0. The summed E-state index contributed by atoms with van der Waals surface area (Å²) in [5.41, 5.74) is 2.32. The second kappa shape index (κ2) is 7.36. The molecule has 1 aliphatic heterocycles. The molecule has 1 N–H and O–H groups in total. The van der Waals surface area contributed by atoms with E-state index in [9.17, 15) is 0 Å². The molecule has 0 radical (unpaired) electrons. The number of anilines is 1. The summed E-state index contributed by atoms with van der Waals surface area (Å²) in [7, 11) is 0. The number of nitrogens with one attached hydrogen (secondary N) is 1. The molecule has 0 amide bonds. The maximum absolute atomic E-state index is 6.24. The van der Waals surface area contributed by atoms with E-state index in [4.69, 9.17) is 23.2 Å².